The molecule has 1 heterocycles. The van der Waals surface area contributed by atoms with E-state index in [9.17, 15) is 9.59 Å². The van der Waals surface area contributed by atoms with E-state index in [-0.39, 0.29) is 22.4 Å². The molecule has 0 radical (unpaired) electrons. The van der Waals surface area contributed by atoms with Crippen LogP contribution in [0.2, 0.25) is 0 Å². The van der Waals surface area contributed by atoms with E-state index in [4.69, 9.17) is 4.74 Å². The van der Waals surface area contributed by atoms with Crippen LogP contribution in [0, 0.1) is 28.6 Å². The normalized spacial score (nSPS) is 49.9. The largest absolute Gasteiger partial charge is 0.458 e. The van der Waals surface area contributed by atoms with Crippen LogP contribution < -0.4 is 0 Å². The minimum atomic E-state index is -0.254. The van der Waals surface area contributed by atoms with E-state index >= 15 is 0 Å². The van der Waals surface area contributed by atoms with Crippen molar-refractivity contribution in [1.82, 2.24) is 0 Å². The standard InChI is InChI=1S/C23H30O3/c1-14-12-19-17-5-4-15-13-16(24)6-9-21(15,2)18(17)7-10-22(19,3)23(14)11-8-20(25)26-23/h7,13-14,17,19H,4-6,8-12H2,1-3H3. The molecular weight excluding hydrogens is 324 g/mol. The number of fused-ring (bicyclic) bond motifs is 6. The third-order valence-corrected chi connectivity index (χ3v) is 9.09. The second-order valence-electron chi connectivity index (χ2n) is 10.0. The van der Waals surface area contributed by atoms with Gasteiger partial charge in [0.15, 0.2) is 5.78 Å². The van der Waals surface area contributed by atoms with Crippen LogP contribution in [0.1, 0.15) is 72.1 Å². The lowest BCUT2D eigenvalue weighted by atomic mass is 9.50. The molecule has 3 heteroatoms. The number of ketones is 1. The first-order valence-corrected chi connectivity index (χ1v) is 10.5. The monoisotopic (exact) mass is 354 g/mol. The van der Waals surface area contributed by atoms with Crippen LogP contribution in [0.3, 0.4) is 0 Å². The average Bonchev–Trinajstić information content (AvgIpc) is 3.10. The molecule has 5 aliphatic rings. The van der Waals surface area contributed by atoms with Gasteiger partial charge in [0.05, 0.1) is 0 Å². The van der Waals surface area contributed by atoms with Gasteiger partial charge in [-0.1, -0.05) is 38.0 Å². The van der Waals surface area contributed by atoms with E-state index in [1.807, 2.05) is 6.08 Å². The zero-order chi connectivity index (χ0) is 18.3. The molecule has 0 N–H and O–H groups in total. The molecule has 5 rings (SSSR count). The predicted molar refractivity (Wildman–Crippen MR) is 99.3 cm³/mol. The van der Waals surface area contributed by atoms with Crippen molar-refractivity contribution >= 4 is 11.8 Å². The summed E-state index contributed by atoms with van der Waals surface area (Å²) in [6.45, 7) is 7.07. The number of ether oxygens (including phenoxy) is 1. The number of hydrogen-bond acceptors (Lipinski definition) is 3. The third kappa shape index (κ3) is 1.85. The van der Waals surface area contributed by atoms with E-state index in [1.165, 1.54) is 12.0 Å². The molecule has 0 bridgehead atoms. The van der Waals surface area contributed by atoms with Gasteiger partial charge in [0.2, 0.25) is 0 Å². The Morgan fingerprint density at radius 2 is 1.92 bits per heavy atom. The Morgan fingerprint density at radius 3 is 2.65 bits per heavy atom. The van der Waals surface area contributed by atoms with Crippen molar-refractivity contribution in [2.45, 2.75) is 77.7 Å². The maximum Gasteiger partial charge on any atom is 0.306 e. The molecule has 1 aliphatic heterocycles. The summed E-state index contributed by atoms with van der Waals surface area (Å²) in [5.41, 5.74) is 2.86. The quantitative estimate of drug-likeness (QED) is 0.465. The predicted octanol–water partition coefficient (Wildman–Crippen LogP) is 4.76. The Hall–Kier alpha value is -1.38. The van der Waals surface area contributed by atoms with E-state index in [0.29, 0.717) is 36.4 Å². The van der Waals surface area contributed by atoms with Crippen molar-refractivity contribution in [2.75, 3.05) is 0 Å². The maximum absolute atomic E-state index is 12.0. The summed E-state index contributed by atoms with van der Waals surface area (Å²) in [7, 11) is 0. The Bertz CT molecular complexity index is 761. The van der Waals surface area contributed by atoms with Gasteiger partial charge in [-0.25, -0.2) is 0 Å². The fourth-order valence-electron chi connectivity index (χ4n) is 7.61. The van der Waals surface area contributed by atoms with Crippen LogP contribution in [-0.4, -0.2) is 17.4 Å². The topological polar surface area (TPSA) is 43.4 Å². The SMILES string of the molecule is CC1CC2C3CCC4=CC(=O)CCC4(C)C3=CCC2(C)C12CCC(=O)O2. The summed E-state index contributed by atoms with van der Waals surface area (Å²) >= 11 is 0. The minimum Gasteiger partial charge on any atom is -0.458 e. The molecule has 3 fully saturated rings. The highest BCUT2D eigenvalue weighted by Crippen LogP contribution is 2.69. The van der Waals surface area contributed by atoms with Gasteiger partial charge in [0, 0.05) is 23.7 Å². The van der Waals surface area contributed by atoms with Gasteiger partial charge in [0.1, 0.15) is 5.60 Å². The molecule has 3 nitrogen and oxygen atoms in total. The summed E-state index contributed by atoms with van der Waals surface area (Å²) in [6, 6.07) is 0. The molecule has 1 saturated heterocycles. The molecule has 0 amide bonds. The number of carbonyl (C=O) groups excluding carboxylic acids is 2. The second kappa shape index (κ2) is 5.11. The van der Waals surface area contributed by atoms with Crippen molar-refractivity contribution in [2.24, 2.45) is 28.6 Å². The Labute approximate surface area is 156 Å². The highest BCUT2D eigenvalue weighted by Gasteiger charge is 2.68. The molecule has 2 saturated carbocycles. The molecule has 6 unspecified atom stereocenters. The third-order valence-electron chi connectivity index (χ3n) is 9.09. The summed E-state index contributed by atoms with van der Waals surface area (Å²) < 4.78 is 6.10. The van der Waals surface area contributed by atoms with Gasteiger partial charge < -0.3 is 4.74 Å². The number of rotatable bonds is 0. The van der Waals surface area contributed by atoms with Crippen molar-refractivity contribution < 1.29 is 14.3 Å². The maximum atomic E-state index is 12.0. The Kier molecular flexibility index (Phi) is 3.30. The van der Waals surface area contributed by atoms with Crippen LogP contribution >= 0.6 is 0 Å². The Morgan fingerprint density at radius 1 is 1.12 bits per heavy atom. The lowest BCUT2D eigenvalue weighted by molar-refractivity contribution is -0.165. The van der Waals surface area contributed by atoms with Gasteiger partial charge in [0.25, 0.3) is 0 Å². The first-order valence-electron chi connectivity index (χ1n) is 10.5. The van der Waals surface area contributed by atoms with Crippen molar-refractivity contribution in [3.05, 3.63) is 23.3 Å². The van der Waals surface area contributed by atoms with Crippen LogP contribution in [0.15, 0.2) is 23.3 Å². The molecule has 0 aromatic heterocycles. The molecule has 26 heavy (non-hydrogen) atoms. The summed E-state index contributed by atoms with van der Waals surface area (Å²) in [5, 5.41) is 0. The first kappa shape index (κ1) is 16.8. The fraction of sp³-hybridized carbons (Fsp3) is 0.739. The lowest BCUT2D eigenvalue weighted by Crippen LogP contribution is -2.52. The number of allylic oxidation sites excluding steroid dienone is 4. The summed E-state index contributed by atoms with van der Waals surface area (Å²) in [4.78, 5) is 24.0. The summed E-state index contributed by atoms with van der Waals surface area (Å²) in [6.07, 6.45) is 12.0. The molecule has 140 valence electrons. The van der Waals surface area contributed by atoms with E-state index in [2.05, 4.69) is 26.8 Å². The zero-order valence-electron chi connectivity index (χ0n) is 16.3. The average molecular weight is 354 g/mol. The number of carbonyl (C=O) groups is 2. The van der Waals surface area contributed by atoms with Gasteiger partial charge >= 0.3 is 5.97 Å². The molecule has 0 aromatic rings. The van der Waals surface area contributed by atoms with Gasteiger partial charge in [-0.05, 0) is 62.4 Å². The minimum absolute atomic E-state index is 0.000111. The van der Waals surface area contributed by atoms with Gasteiger partial charge in [-0.2, -0.15) is 0 Å². The van der Waals surface area contributed by atoms with Gasteiger partial charge in [-0.3, -0.25) is 9.59 Å². The van der Waals surface area contributed by atoms with Crippen LogP contribution in [-0.2, 0) is 14.3 Å². The second-order valence-corrected chi connectivity index (χ2v) is 10.0. The molecule has 1 spiro atoms. The van der Waals surface area contributed by atoms with Crippen LogP contribution in [0.5, 0.6) is 0 Å². The molecule has 4 aliphatic carbocycles. The zero-order valence-corrected chi connectivity index (χ0v) is 16.3. The molecule has 6 atom stereocenters. The van der Waals surface area contributed by atoms with E-state index in [0.717, 1.165) is 32.1 Å². The smallest absolute Gasteiger partial charge is 0.306 e. The van der Waals surface area contributed by atoms with Crippen LogP contribution in [0.25, 0.3) is 0 Å². The van der Waals surface area contributed by atoms with Gasteiger partial charge in [-0.15, -0.1) is 0 Å². The van der Waals surface area contributed by atoms with Crippen molar-refractivity contribution in [3.8, 4) is 0 Å². The molecular formula is C23H30O3. The van der Waals surface area contributed by atoms with Crippen molar-refractivity contribution in [1.29, 1.82) is 0 Å². The van der Waals surface area contributed by atoms with Crippen molar-refractivity contribution in [3.63, 3.8) is 0 Å². The Balaban J connectivity index is 1.58. The van der Waals surface area contributed by atoms with E-state index in [1.54, 1.807) is 5.57 Å². The van der Waals surface area contributed by atoms with Crippen LogP contribution in [0.4, 0.5) is 0 Å². The molecule has 0 aromatic carbocycles. The number of esters is 1. The number of hydrogen-bond donors (Lipinski definition) is 0. The lowest BCUT2D eigenvalue weighted by Gasteiger charge is -2.55. The summed E-state index contributed by atoms with van der Waals surface area (Å²) in [5.74, 6) is 1.93. The highest BCUT2D eigenvalue weighted by molar-refractivity contribution is 5.92. The first-order chi connectivity index (χ1) is 12.3. The fourth-order valence-corrected chi connectivity index (χ4v) is 7.61. The highest BCUT2D eigenvalue weighted by atomic mass is 16.6. The van der Waals surface area contributed by atoms with E-state index < -0.39 is 0 Å².